The summed E-state index contributed by atoms with van der Waals surface area (Å²) in [5.74, 6) is -0.144. The predicted octanol–water partition coefficient (Wildman–Crippen LogP) is 4.03. The molecular formula is C22H26N2O3S. The smallest absolute Gasteiger partial charge is 0.161 e. The van der Waals surface area contributed by atoms with E-state index in [1.807, 2.05) is 31.2 Å². The number of hydrogen-bond acceptors (Lipinski definition) is 6. The molecule has 0 aliphatic heterocycles. The topological polar surface area (TPSA) is 94.2 Å². The Morgan fingerprint density at radius 1 is 1.39 bits per heavy atom. The fraction of sp³-hybridized carbons (Fsp3) is 0.500. The maximum absolute atomic E-state index is 10.8. The minimum atomic E-state index is -0.530. The number of carbonyl (C=O) groups is 1. The molecule has 28 heavy (non-hydrogen) atoms. The van der Waals surface area contributed by atoms with E-state index < -0.39 is 12.2 Å². The number of aromatic nitrogens is 1. The Morgan fingerprint density at radius 3 is 2.75 bits per heavy atom. The SMILES string of the molecule is CCC(O)c1ccc(C2C(CCCc3ncc(C=O)s3)[C@H](C#N)C[C@H]2O)cc1. The van der Waals surface area contributed by atoms with Crippen LogP contribution in [0.1, 0.15) is 70.4 Å². The number of carbonyl (C=O) groups excluding carboxylic acids is 1. The standard InChI is InChI=1S/C22H26N2O3S/c1-2-19(26)14-6-8-15(9-7-14)22-18(16(11-23)10-20(22)27)4-3-5-21-24-12-17(13-25)28-21/h6-9,12-13,16,18-20,22,26-27H,2-5,10H2,1H3/t16-,18?,19?,20+,22?/m0/s1. The molecule has 5 atom stereocenters. The lowest BCUT2D eigenvalue weighted by Gasteiger charge is -2.24. The van der Waals surface area contributed by atoms with Gasteiger partial charge in [-0.15, -0.1) is 11.3 Å². The third kappa shape index (κ3) is 4.49. The van der Waals surface area contributed by atoms with Crippen molar-refractivity contribution in [2.75, 3.05) is 0 Å². The zero-order valence-corrected chi connectivity index (χ0v) is 16.8. The molecular weight excluding hydrogens is 372 g/mol. The summed E-state index contributed by atoms with van der Waals surface area (Å²) < 4.78 is 0. The van der Waals surface area contributed by atoms with Gasteiger partial charge in [-0.2, -0.15) is 5.26 Å². The zero-order chi connectivity index (χ0) is 20.1. The summed E-state index contributed by atoms with van der Waals surface area (Å²) in [6, 6.07) is 10.2. The van der Waals surface area contributed by atoms with E-state index in [4.69, 9.17) is 0 Å². The Hall–Kier alpha value is -2.07. The summed E-state index contributed by atoms with van der Waals surface area (Å²) in [7, 11) is 0. The lowest BCUT2D eigenvalue weighted by atomic mass is 9.81. The minimum absolute atomic E-state index is 0.0701. The van der Waals surface area contributed by atoms with Crippen molar-refractivity contribution in [1.82, 2.24) is 4.98 Å². The molecule has 0 saturated heterocycles. The van der Waals surface area contributed by atoms with Crippen LogP contribution in [0.5, 0.6) is 0 Å². The molecule has 0 radical (unpaired) electrons. The van der Waals surface area contributed by atoms with Crippen LogP contribution in [0.4, 0.5) is 0 Å². The van der Waals surface area contributed by atoms with E-state index in [1.165, 1.54) is 11.3 Å². The summed E-state index contributed by atoms with van der Waals surface area (Å²) in [5.41, 5.74) is 1.90. The van der Waals surface area contributed by atoms with Crippen LogP contribution in [-0.4, -0.2) is 27.6 Å². The van der Waals surface area contributed by atoms with Gasteiger partial charge in [-0.3, -0.25) is 4.79 Å². The highest BCUT2D eigenvalue weighted by atomic mass is 32.1. The summed E-state index contributed by atoms with van der Waals surface area (Å²) >= 11 is 1.41. The number of hydrogen-bond donors (Lipinski definition) is 2. The van der Waals surface area contributed by atoms with E-state index in [1.54, 1.807) is 6.20 Å². The van der Waals surface area contributed by atoms with Crippen LogP contribution in [-0.2, 0) is 6.42 Å². The Kier molecular flexibility index (Phi) is 6.95. The molecule has 0 spiro atoms. The first kappa shape index (κ1) is 20.7. The number of nitrogens with zero attached hydrogens (tertiary/aromatic N) is 2. The molecule has 2 aromatic rings. The molecule has 1 aliphatic carbocycles. The van der Waals surface area contributed by atoms with Gasteiger partial charge < -0.3 is 10.2 Å². The van der Waals surface area contributed by atoms with Gasteiger partial charge in [0.1, 0.15) is 0 Å². The van der Waals surface area contributed by atoms with Crippen LogP contribution in [0.3, 0.4) is 0 Å². The molecule has 1 aliphatic rings. The van der Waals surface area contributed by atoms with Crippen LogP contribution in [0.25, 0.3) is 0 Å². The summed E-state index contributed by atoms with van der Waals surface area (Å²) in [4.78, 5) is 15.7. The fourth-order valence-electron chi connectivity index (χ4n) is 4.28. The van der Waals surface area contributed by atoms with E-state index in [0.29, 0.717) is 17.7 Å². The van der Waals surface area contributed by atoms with E-state index in [0.717, 1.165) is 41.7 Å². The molecule has 1 aromatic heterocycles. The Bertz CT molecular complexity index is 827. The van der Waals surface area contributed by atoms with Crippen molar-refractivity contribution in [3.63, 3.8) is 0 Å². The van der Waals surface area contributed by atoms with Gasteiger partial charge >= 0.3 is 0 Å². The van der Waals surface area contributed by atoms with Gasteiger partial charge in [0.2, 0.25) is 0 Å². The highest BCUT2D eigenvalue weighted by Gasteiger charge is 2.42. The number of aliphatic hydroxyl groups excluding tert-OH is 2. The van der Waals surface area contributed by atoms with Gasteiger partial charge in [-0.1, -0.05) is 31.2 Å². The average molecular weight is 399 g/mol. The van der Waals surface area contributed by atoms with Crippen molar-refractivity contribution in [3.05, 3.63) is 51.5 Å². The van der Waals surface area contributed by atoms with Crippen LogP contribution >= 0.6 is 11.3 Å². The van der Waals surface area contributed by atoms with Crippen LogP contribution in [0.15, 0.2) is 30.5 Å². The lowest BCUT2D eigenvalue weighted by Crippen LogP contribution is -2.18. The largest absolute Gasteiger partial charge is 0.392 e. The monoisotopic (exact) mass is 398 g/mol. The molecule has 3 unspecified atom stereocenters. The lowest BCUT2D eigenvalue weighted by molar-refractivity contribution is 0.112. The van der Waals surface area contributed by atoms with Crippen molar-refractivity contribution in [2.45, 2.75) is 57.2 Å². The third-order valence-corrected chi connectivity index (χ3v) is 6.74. The number of rotatable bonds is 8. The van der Waals surface area contributed by atoms with Crippen LogP contribution in [0.2, 0.25) is 0 Å². The van der Waals surface area contributed by atoms with Crippen molar-refractivity contribution < 1.29 is 15.0 Å². The van der Waals surface area contributed by atoms with Gasteiger partial charge in [-0.05, 0) is 49.1 Å². The third-order valence-electron chi connectivity index (χ3n) is 5.76. The first-order valence-corrected chi connectivity index (χ1v) is 10.6. The van der Waals surface area contributed by atoms with Crippen molar-refractivity contribution in [1.29, 1.82) is 5.26 Å². The molecule has 148 valence electrons. The van der Waals surface area contributed by atoms with E-state index in [2.05, 4.69) is 11.1 Å². The fourth-order valence-corrected chi connectivity index (χ4v) is 5.05. The van der Waals surface area contributed by atoms with Crippen molar-refractivity contribution >= 4 is 17.6 Å². The van der Waals surface area contributed by atoms with E-state index >= 15 is 0 Å². The van der Waals surface area contributed by atoms with E-state index in [-0.39, 0.29) is 17.8 Å². The first-order valence-electron chi connectivity index (χ1n) is 9.82. The number of nitriles is 1. The van der Waals surface area contributed by atoms with Crippen LogP contribution < -0.4 is 0 Å². The van der Waals surface area contributed by atoms with Gasteiger partial charge in [-0.25, -0.2) is 4.98 Å². The number of benzene rings is 1. The molecule has 1 saturated carbocycles. The number of aldehydes is 1. The number of thiazole rings is 1. The van der Waals surface area contributed by atoms with Crippen molar-refractivity contribution in [3.8, 4) is 6.07 Å². The van der Waals surface area contributed by atoms with Gasteiger partial charge in [0, 0.05) is 12.1 Å². The minimum Gasteiger partial charge on any atom is -0.392 e. The molecule has 1 heterocycles. The molecule has 0 bridgehead atoms. The highest BCUT2D eigenvalue weighted by Crippen LogP contribution is 2.46. The predicted molar refractivity (Wildman–Crippen MR) is 108 cm³/mol. The highest BCUT2D eigenvalue weighted by molar-refractivity contribution is 7.13. The average Bonchev–Trinajstić information content (AvgIpc) is 3.31. The second kappa shape index (κ2) is 9.42. The van der Waals surface area contributed by atoms with E-state index in [9.17, 15) is 20.3 Å². The molecule has 5 nitrogen and oxygen atoms in total. The van der Waals surface area contributed by atoms with Crippen LogP contribution in [0, 0.1) is 23.2 Å². The number of aryl methyl sites for hydroxylation is 1. The quantitative estimate of drug-likeness (QED) is 0.655. The molecule has 1 fully saturated rings. The summed E-state index contributed by atoms with van der Waals surface area (Å²) in [6.45, 7) is 1.94. The maximum atomic E-state index is 10.8. The Morgan fingerprint density at radius 2 is 2.14 bits per heavy atom. The summed E-state index contributed by atoms with van der Waals surface area (Å²) in [5, 5.41) is 31.1. The van der Waals surface area contributed by atoms with Gasteiger partial charge in [0.25, 0.3) is 0 Å². The molecule has 0 amide bonds. The molecule has 1 aromatic carbocycles. The second-order valence-electron chi connectivity index (χ2n) is 7.49. The van der Waals surface area contributed by atoms with Crippen molar-refractivity contribution in [2.24, 2.45) is 11.8 Å². The molecule has 6 heteroatoms. The molecule has 2 N–H and O–H groups in total. The second-order valence-corrected chi connectivity index (χ2v) is 8.63. The Balaban J connectivity index is 1.70. The summed E-state index contributed by atoms with van der Waals surface area (Å²) in [6.07, 6.45) is 5.04. The van der Waals surface area contributed by atoms with Gasteiger partial charge in [0.15, 0.2) is 6.29 Å². The normalized spacial score (nSPS) is 25.4. The maximum Gasteiger partial charge on any atom is 0.161 e. The zero-order valence-electron chi connectivity index (χ0n) is 16.0. The Labute approximate surface area is 169 Å². The number of aliphatic hydroxyl groups is 2. The van der Waals surface area contributed by atoms with Gasteiger partial charge in [0.05, 0.1) is 34.1 Å². The first-order chi connectivity index (χ1) is 13.6. The molecule has 3 rings (SSSR count).